The lowest BCUT2D eigenvalue weighted by Gasteiger charge is -2.06. The molecular formula is C23H28N2O. The predicted octanol–water partition coefficient (Wildman–Crippen LogP) is 4.85. The molecule has 0 aliphatic rings. The van der Waals surface area contributed by atoms with Gasteiger partial charge >= 0.3 is 0 Å². The minimum atomic E-state index is 0.147. The van der Waals surface area contributed by atoms with Gasteiger partial charge in [0.25, 0.3) is 0 Å². The van der Waals surface area contributed by atoms with E-state index in [0.29, 0.717) is 6.42 Å². The number of unbranched alkanes of at least 4 members (excludes halogenated alkanes) is 1. The van der Waals surface area contributed by atoms with Crippen molar-refractivity contribution in [3.63, 3.8) is 0 Å². The Morgan fingerprint density at radius 3 is 2.62 bits per heavy atom. The highest BCUT2D eigenvalue weighted by Gasteiger charge is 2.10. The van der Waals surface area contributed by atoms with Gasteiger partial charge < -0.3 is 9.88 Å². The minimum absolute atomic E-state index is 0.147. The van der Waals surface area contributed by atoms with Crippen molar-refractivity contribution in [2.45, 2.75) is 46.1 Å². The largest absolute Gasteiger partial charge is 0.356 e. The average Bonchev–Trinajstić information content (AvgIpc) is 3.00. The number of fused-ring (bicyclic) bond motifs is 1. The molecule has 0 unspecified atom stereocenters. The Kier molecular flexibility index (Phi) is 6.11. The fourth-order valence-electron chi connectivity index (χ4n) is 3.28. The van der Waals surface area contributed by atoms with Crippen molar-refractivity contribution < 1.29 is 4.79 Å². The molecule has 0 saturated heterocycles. The van der Waals surface area contributed by atoms with E-state index in [1.54, 1.807) is 0 Å². The van der Waals surface area contributed by atoms with E-state index in [0.717, 1.165) is 32.4 Å². The van der Waals surface area contributed by atoms with E-state index in [9.17, 15) is 4.79 Å². The zero-order valence-corrected chi connectivity index (χ0v) is 15.8. The van der Waals surface area contributed by atoms with Gasteiger partial charge in [-0.1, -0.05) is 61.4 Å². The smallest absolute Gasteiger partial charge is 0.220 e. The van der Waals surface area contributed by atoms with Crippen molar-refractivity contribution >= 4 is 16.8 Å². The van der Waals surface area contributed by atoms with Crippen LogP contribution >= 0.6 is 0 Å². The molecule has 0 atom stereocenters. The molecule has 0 saturated carbocycles. The Morgan fingerprint density at radius 2 is 1.85 bits per heavy atom. The summed E-state index contributed by atoms with van der Waals surface area (Å²) in [7, 11) is 0. The third-order valence-electron chi connectivity index (χ3n) is 4.82. The molecule has 2 aromatic carbocycles. The molecule has 0 fully saturated rings. The SMILES string of the molecule is CCCCNC(=O)CCc1cn(Cc2ccc(C)cc2)c2ccccc12. The lowest BCUT2D eigenvalue weighted by Crippen LogP contribution is -2.24. The van der Waals surface area contributed by atoms with Gasteiger partial charge in [0.15, 0.2) is 0 Å². The van der Waals surface area contributed by atoms with E-state index in [1.807, 2.05) is 0 Å². The first-order chi connectivity index (χ1) is 12.7. The van der Waals surface area contributed by atoms with Crippen LogP contribution in [0.3, 0.4) is 0 Å². The fourth-order valence-corrected chi connectivity index (χ4v) is 3.28. The summed E-state index contributed by atoms with van der Waals surface area (Å²) in [5.41, 5.74) is 5.05. The van der Waals surface area contributed by atoms with Gasteiger partial charge in [-0.15, -0.1) is 0 Å². The molecule has 1 aromatic heterocycles. The van der Waals surface area contributed by atoms with Gasteiger partial charge in [-0.05, 0) is 37.0 Å². The maximum absolute atomic E-state index is 12.0. The second-order valence-corrected chi connectivity index (χ2v) is 6.99. The molecule has 0 spiro atoms. The number of aromatic nitrogens is 1. The minimum Gasteiger partial charge on any atom is -0.356 e. The number of rotatable bonds is 8. The van der Waals surface area contributed by atoms with Crippen molar-refractivity contribution in [3.8, 4) is 0 Å². The number of carbonyl (C=O) groups excluding carboxylic acids is 1. The summed E-state index contributed by atoms with van der Waals surface area (Å²) in [4.78, 5) is 12.0. The normalized spacial score (nSPS) is 11.0. The standard InChI is InChI=1S/C23H28N2O/c1-3-4-15-24-23(26)14-13-20-17-25(22-8-6-5-7-21(20)22)16-19-11-9-18(2)10-12-19/h5-12,17H,3-4,13-16H2,1-2H3,(H,24,26). The first-order valence-corrected chi connectivity index (χ1v) is 9.56. The fraction of sp³-hybridized carbons (Fsp3) is 0.348. The summed E-state index contributed by atoms with van der Waals surface area (Å²) >= 11 is 0. The number of hydrogen-bond acceptors (Lipinski definition) is 1. The molecule has 3 aromatic rings. The van der Waals surface area contributed by atoms with Crippen molar-refractivity contribution in [1.82, 2.24) is 9.88 Å². The van der Waals surface area contributed by atoms with E-state index in [1.165, 1.54) is 27.6 Å². The molecule has 26 heavy (non-hydrogen) atoms. The number of aryl methyl sites for hydroxylation is 2. The van der Waals surface area contributed by atoms with Crippen LogP contribution < -0.4 is 5.32 Å². The second-order valence-electron chi connectivity index (χ2n) is 6.99. The van der Waals surface area contributed by atoms with E-state index in [4.69, 9.17) is 0 Å². The van der Waals surface area contributed by atoms with Gasteiger partial charge in [-0.3, -0.25) is 4.79 Å². The molecule has 1 heterocycles. The highest BCUT2D eigenvalue weighted by molar-refractivity contribution is 5.85. The summed E-state index contributed by atoms with van der Waals surface area (Å²) in [6.07, 6.45) is 5.68. The lowest BCUT2D eigenvalue weighted by molar-refractivity contribution is -0.121. The van der Waals surface area contributed by atoms with Crippen molar-refractivity contribution in [2.75, 3.05) is 6.54 Å². The Hall–Kier alpha value is -2.55. The van der Waals surface area contributed by atoms with Gasteiger partial charge in [0.05, 0.1) is 0 Å². The quantitative estimate of drug-likeness (QED) is 0.580. The highest BCUT2D eigenvalue weighted by atomic mass is 16.1. The maximum Gasteiger partial charge on any atom is 0.220 e. The van der Waals surface area contributed by atoms with Crippen LogP contribution in [0.15, 0.2) is 54.7 Å². The van der Waals surface area contributed by atoms with Crippen molar-refractivity contribution in [3.05, 3.63) is 71.4 Å². The summed E-state index contributed by atoms with van der Waals surface area (Å²) in [6.45, 7) is 5.88. The molecule has 0 bridgehead atoms. The number of para-hydroxylation sites is 1. The summed E-state index contributed by atoms with van der Waals surface area (Å²) < 4.78 is 2.30. The van der Waals surface area contributed by atoms with Gasteiger partial charge in [0, 0.05) is 36.6 Å². The molecule has 0 aliphatic heterocycles. The first-order valence-electron chi connectivity index (χ1n) is 9.56. The highest BCUT2D eigenvalue weighted by Crippen LogP contribution is 2.23. The first kappa shape index (κ1) is 18.2. The molecule has 3 nitrogen and oxygen atoms in total. The zero-order chi connectivity index (χ0) is 18.4. The molecule has 1 amide bonds. The third kappa shape index (κ3) is 4.54. The molecule has 3 rings (SSSR count). The van der Waals surface area contributed by atoms with Gasteiger partial charge in [-0.25, -0.2) is 0 Å². The van der Waals surface area contributed by atoms with Crippen LogP contribution in [-0.4, -0.2) is 17.0 Å². The Labute approximate surface area is 156 Å². The van der Waals surface area contributed by atoms with Crippen LogP contribution in [0.4, 0.5) is 0 Å². The van der Waals surface area contributed by atoms with Gasteiger partial charge in [-0.2, -0.15) is 0 Å². The topological polar surface area (TPSA) is 34.0 Å². The van der Waals surface area contributed by atoms with E-state index < -0.39 is 0 Å². The third-order valence-corrected chi connectivity index (χ3v) is 4.82. The lowest BCUT2D eigenvalue weighted by atomic mass is 10.1. The molecule has 3 heteroatoms. The van der Waals surface area contributed by atoms with Crippen molar-refractivity contribution in [1.29, 1.82) is 0 Å². The van der Waals surface area contributed by atoms with E-state index >= 15 is 0 Å². The summed E-state index contributed by atoms with van der Waals surface area (Å²) in [5.74, 6) is 0.147. The van der Waals surface area contributed by atoms with Crippen LogP contribution in [0.1, 0.15) is 42.9 Å². The summed E-state index contributed by atoms with van der Waals surface area (Å²) in [5, 5.41) is 4.26. The monoisotopic (exact) mass is 348 g/mol. The number of nitrogens with one attached hydrogen (secondary N) is 1. The Bertz CT molecular complexity index is 862. The molecule has 1 N–H and O–H groups in total. The van der Waals surface area contributed by atoms with Gasteiger partial charge in [0.2, 0.25) is 5.91 Å². The van der Waals surface area contributed by atoms with Crippen LogP contribution in [-0.2, 0) is 17.8 Å². The Balaban J connectivity index is 1.74. The molecule has 0 radical (unpaired) electrons. The van der Waals surface area contributed by atoms with Crippen LogP contribution in [0.25, 0.3) is 10.9 Å². The molecule has 0 aliphatic carbocycles. The predicted molar refractivity (Wildman–Crippen MR) is 108 cm³/mol. The van der Waals surface area contributed by atoms with Crippen LogP contribution in [0.5, 0.6) is 0 Å². The molecule has 136 valence electrons. The Morgan fingerprint density at radius 1 is 1.08 bits per heavy atom. The number of benzene rings is 2. The average molecular weight is 348 g/mol. The summed E-state index contributed by atoms with van der Waals surface area (Å²) in [6, 6.07) is 17.2. The number of hydrogen-bond donors (Lipinski definition) is 1. The second kappa shape index (κ2) is 8.70. The van der Waals surface area contributed by atoms with Crippen LogP contribution in [0, 0.1) is 6.92 Å². The zero-order valence-electron chi connectivity index (χ0n) is 15.8. The number of carbonyl (C=O) groups is 1. The van der Waals surface area contributed by atoms with E-state index in [-0.39, 0.29) is 5.91 Å². The number of amides is 1. The van der Waals surface area contributed by atoms with Crippen LogP contribution in [0.2, 0.25) is 0 Å². The van der Waals surface area contributed by atoms with E-state index in [2.05, 4.69) is 78.5 Å². The van der Waals surface area contributed by atoms with Gasteiger partial charge in [0.1, 0.15) is 0 Å². The molecular weight excluding hydrogens is 320 g/mol. The maximum atomic E-state index is 12.0. The van der Waals surface area contributed by atoms with Crippen molar-refractivity contribution in [2.24, 2.45) is 0 Å². The number of nitrogens with zero attached hydrogens (tertiary/aromatic N) is 1.